The molecule has 2 saturated carbocycles. The predicted molar refractivity (Wildman–Crippen MR) is 60.4 cm³/mol. The Bertz CT molecular complexity index is 385. The van der Waals surface area contributed by atoms with E-state index in [1.807, 2.05) is 12.4 Å². The minimum Gasteiger partial charge on any atom is -0.321 e. The Morgan fingerprint density at radius 2 is 2.07 bits per heavy atom. The second kappa shape index (κ2) is 2.82. The Labute approximate surface area is 90.9 Å². The van der Waals surface area contributed by atoms with Gasteiger partial charge < -0.3 is 5.73 Å². The summed E-state index contributed by atoms with van der Waals surface area (Å²) in [6.45, 7) is 2.14. The molecule has 0 aromatic carbocycles. The Balaban J connectivity index is 1.86. The number of hydrogen-bond donors (Lipinski definition) is 1. The fourth-order valence-corrected chi connectivity index (χ4v) is 3.49. The summed E-state index contributed by atoms with van der Waals surface area (Å²) in [5, 5.41) is 0. The maximum absolute atomic E-state index is 6.47. The van der Waals surface area contributed by atoms with Crippen LogP contribution in [-0.4, -0.2) is 4.98 Å². The van der Waals surface area contributed by atoms with E-state index in [2.05, 4.69) is 18.0 Å². The van der Waals surface area contributed by atoms with Crippen LogP contribution in [0.5, 0.6) is 0 Å². The van der Waals surface area contributed by atoms with E-state index in [0.29, 0.717) is 5.41 Å². The van der Waals surface area contributed by atoms with Crippen LogP contribution >= 0.6 is 0 Å². The molecule has 2 N–H and O–H groups in total. The standard InChI is InChI=1S/C13H18N2/c1-10-3-6-15-7-11(10)13(14)8-12(9-13)4-2-5-12/h3,6-7H,2,4-5,8-9,14H2,1H3. The highest BCUT2D eigenvalue weighted by atomic mass is 14.8. The quantitative estimate of drug-likeness (QED) is 0.760. The highest BCUT2D eigenvalue weighted by molar-refractivity contribution is 5.34. The van der Waals surface area contributed by atoms with Crippen molar-refractivity contribution >= 4 is 0 Å². The zero-order valence-corrected chi connectivity index (χ0v) is 9.29. The first-order chi connectivity index (χ1) is 7.14. The molecule has 1 heterocycles. The molecule has 15 heavy (non-hydrogen) atoms. The summed E-state index contributed by atoms with van der Waals surface area (Å²) in [6, 6.07) is 2.07. The molecule has 1 aromatic rings. The molecule has 0 unspecified atom stereocenters. The smallest absolute Gasteiger partial charge is 0.0438 e. The van der Waals surface area contributed by atoms with Crippen LogP contribution in [0.1, 0.15) is 43.2 Å². The van der Waals surface area contributed by atoms with Crippen LogP contribution in [0.2, 0.25) is 0 Å². The molecule has 0 aliphatic heterocycles. The van der Waals surface area contributed by atoms with Gasteiger partial charge in [-0.25, -0.2) is 0 Å². The molecule has 0 amide bonds. The van der Waals surface area contributed by atoms with Crippen LogP contribution in [0.15, 0.2) is 18.5 Å². The van der Waals surface area contributed by atoms with Crippen molar-refractivity contribution in [1.29, 1.82) is 0 Å². The summed E-state index contributed by atoms with van der Waals surface area (Å²) in [5.41, 5.74) is 9.58. The Kier molecular flexibility index (Phi) is 1.76. The molecule has 1 spiro atoms. The van der Waals surface area contributed by atoms with E-state index < -0.39 is 0 Å². The SMILES string of the molecule is Cc1ccncc1C1(N)CC2(CCC2)C1. The van der Waals surface area contributed by atoms with Gasteiger partial charge in [-0.05, 0) is 55.2 Å². The van der Waals surface area contributed by atoms with Gasteiger partial charge in [-0.2, -0.15) is 0 Å². The summed E-state index contributed by atoms with van der Waals surface area (Å²) in [5.74, 6) is 0. The molecule has 0 atom stereocenters. The Morgan fingerprint density at radius 3 is 2.60 bits per heavy atom. The van der Waals surface area contributed by atoms with Gasteiger partial charge in [0.15, 0.2) is 0 Å². The van der Waals surface area contributed by atoms with Gasteiger partial charge in [-0.1, -0.05) is 6.42 Å². The third-order valence-corrected chi connectivity index (χ3v) is 4.37. The fourth-order valence-electron chi connectivity index (χ4n) is 3.49. The molecule has 0 bridgehead atoms. The average molecular weight is 202 g/mol. The van der Waals surface area contributed by atoms with E-state index >= 15 is 0 Å². The highest BCUT2D eigenvalue weighted by Crippen LogP contribution is 2.62. The number of aryl methyl sites for hydroxylation is 1. The van der Waals surface area contributed by atoms with Crippen LogP contribution in [-0.2, 0) is 5.54 Å². The summed E-state index contributed by atoms with van der Waals surface area (Å²) in [6.07, 6.45) is 10.3. The van der Waals surface area contributed by atoms with Crippen molar-refractivity contribution in [1.82, 2.24) is 4.98 Å². The maximum Gasteiger partial charge on any atom is 0.0438 e. The van der Waals surface area contributed by atoms with E-state index in [4.69, 9.17) is 5.73 Å². The van der Waals surface area contributed by atoms with Gasteiger partial charge in [0, 0.05) is 17.9 Å². The monoisotopic (exact) mass is 202 g/mol. The first-order valence-corrected chi connectivity index (χ1v) is 5.84. The van der Waals surface area contributed by atoms with Gasteiger partial charge in [0.2, 0.25) is 0 Å². The molecule has 2 heteroatoms. The molecule has 0 saturated heterocycles. The van der Waals surface area contributed by atoms with Crippen molar-refractivity contribution in [3.63, 3.8) is 0 Å². The van der Waals surface area contributed by atoms with Crippen molar-refractivity contribution in [2.24, 2.45) is 11.1 Å². The van der Waals surface area contributed by atoms with Crippen LogP contribution in [0.3, 0.4) is 0 Å². The lowest BCUT2D eigenvalue weighted by Crippen LogP contribution is -2.58. The summed E-state index contributed by atoms with van der Waals surface area (Å²) < 4.78 is 0. The molecule has 3 rings (SSSR count). The lowest BCUT2D eigenvalue weighted by Gasteiger charge is -2.60. The minimum absolute atomic E-state index is 0.0707. The fraction of sp³-hybridized carbons (Fsp3) is 0.615. The molecule has 2 aliphatic carbocycles. The van der Waals surface area contributed by atoms with Crippen molar-refractivity contribution in [3.8, 4) is 0 Å². The number of rotatable bonds is 1. The molecule has 0 radical (unpaired) electrons. The Hall–Kier alpha value is -0.890. The maximum atomic E-state index is 6.47. The molecular weight excluding hydrogens is 184 g/mol. The van der Waals surface area contributed by atoms with Crippen molar-refractivity contribution in [3.05, 3.63) is 29.6 Å². The van der Waals surface area contributed by atoms with E-state index in [0.717, 1.165) is 0 Å². The number of aromatic nitrogens is 1. The molecule has 80 valence electrons. The van der Waals surface area contributed by atoms with Crippen LogP contribution < -0.4 is 5.73 Å². The van der Waals surface area contributed by atoms with Crippen LogP contribution in [0, 0.1) is 12.3 Å². The summed E-state index contributed by atoms with van der Waals surface area (Å²) in [4.78, 5) is 4.21. The van der Waals surface area contributed by atoms with Gasteiger partial charge >= 0.3 is 0 Å². The highest BCUT2D eigenvalue weighted by Gasteiger charge is 2.56. The molecule has 2 nitrogen and oxygen atoms in total. The Morgan fingerprint density at radius 1 is 1.33 bits per heavy atom. The number of pyridine rings is 1. The summed E-state index contributed by atoms with van der Waals surface area (Å²) >= 11 is 0. The van der Waals surface area contributed by atoms with E-state index in [9.17, 15) is 0 Å². The van der Waals surface area contributed by atoms with Crippen molar-refractivity contribution < 1.29 is 0 Å². The average Bonchev–Trinajstić information content (AvgIpc) is 2.11. The zero-order valence-electron chi connectivity index (χ0n) is 9.29. The second-order valence-corrected chi connectivity index (χ2v) is 5.55. The van der Waals surface area contributed by atoms with E-state index in [1.165, 1.54) is 43.2 Å². The zero-order chi connectivity index (χ0) is 10.5. The molecule has 2 fully saturated rings. The van der Waals surface area contributed by atoms with Gasteiger partial charge in [0.25, 0.3) is 0 Å². The van der Waals surface area contributed by atoms with Gasteiger partial charge in [-0.15, -0.1) is 0 Å². The number of hydrogen-bond acceptors (Lipinski definition) is 2. The van der Waals surface area contributed by atoms with Crippen molar-refractivity contribution in [2.45, 2.75) is 44.6 Å². The van der Waals surface area contributed by atoms with Crippen LogP contribution in [0.4, 0.5) is 0 Å². The first kappa shape index (κ1) is 9.34. The lowest BCUT2D eigenvalue weighted by molar-refractivity contribution is -0.0466. The molecule has 1 aromatic heterocycles. The first-order valence-electron chi connectivity index (χ1n) is 5.84. The van der Waals surface area contributed by atoms with Gasteiger partial charge in [0.1, 0.15) is 0 Å². The van der Waals surface area contributed by atoms with E-state index in [1.54, 1.807) is 0 Å². The van der Waals surface area contributed by atoms with E-state index in [-0.39, 0.29) is 5.54 Å². The largest absolute Gasteiger partial charge is 0.321 e. The third-order valence-electron chi connectivity index (χ3n) is 4.37. The van der Waals surface area contributed by atoms with Gasteiger partial charge in [0.05, 0.1) is 0 Å². The topological polar surface area (TPSA) is 38.9 Å². The summed E-state index contributed by atoms with van der Waals surface area (Å²) in [7, 11) is 0. The van der Waals surface area contributed by atoms with Crippen molar-refractivity contribution in [2.75, 3.05) is 0 Å². The minimum atomic E-state index is -0.0707. The predicted octanol–water partition coefficient (Wildman–Crippen LogP) is 2.51. The number of nitrogens with two attached hydrogens (primary N) is 1. The molecule has 2 aliphatic rings. The lowest BCUT2D eigenvalue weighted by atomic mass is 9.47. The second-order valence-electron chi connectivity index (χ2n) is 5.55. The normalized spacial score (nSPS) is 25.7. The van der Waals surface area contributed by atoms with Crippen LogP contribution in [0.25, 0.3) is 0 Å². The van der Waals surface area contributed by atoms with Gasteiger partial charge in [-0.3, -0.25) is 4.98 Å². The third kappa shape index (κ3) is 1.24. The molecular formula is C13H18N2. The number of nitrogens with zero attached hydrogens (tertiary/aromatic N) is 1.